The Morgan fingerprint density at radius 2 is 1.40 bits per heavy atom. The molecule has 0 aromatic heterocycles. The maximum atomic E-state index is 5.23. The van der Waals surface area contributed by atoms with Crippen molar-refractivity contribution in [1.82, 2.24) is 0 Å². The molecule has 2 rings (SSSR count). The van der Waals surface area contributed by atoms with Crippen molar-refractivity contribution in [2.45, 2.75) is 5.33 Å². The Kier molecular flexibility index (Phi) is 5.09. The first-order chi connectivity index (χ1) is 9.75. The zero-order valence-corrected chi connectivity index (χ0v) is 13.0. The Morgan fingerprint density at radius 3 is 1.90 bits per heavy atom. The maximum absolute atomic E-state index is 5.23. The first-order valence-corrected chi connectivity index (χ1v) is 7.27. The zero-order chi connectivity index (χ0) is 14.4. The molecule has 2 aromatic rings. The second-order valence-corrected chi connectivity index (χ2v) is 4.74. The average Bonchev–Trinajstić information content (AvgIpc) is 2.53. The van der Waals surface area contributed by atoms with Crippen molar-refractivity contribution in [1.29, 1.82) is 0 Å². The van der Waals surface area contributed by atoms with E-state index < -0.39 is 0 Å². The molecule has 0 unspecified atom stereocenters. The van der Waals surface area contributed by atoms with Crippen LogP contribution in [0, 0.1) is 11.8 Å². The summed E-state index contributed by atoms with van der Waals surface area (Å²) in [5.41, 5.74) is 3.08. The Labute approximate surface area is 127 Å². The van der Waals surface area contributed by atoms with E-state index in [0.29, 0.717) is 0 Å². The maximum Gasteiger partial charge on any atom is 0.123 e. The van der Waals surface area contributed by atoms with Gasteiger partial charge in [0.2, 0.25) is 0 Å². The number of hydrogen-bond acceptors (Lipinski definition) is 2. The number of halogens is 1. The summed E-state index contributed by atoms with van der Waals surface area (Å²) in [7, 11) is 3.26. The highest BCUT2D eigenvalue weighted by Crippen LogP contribution is 2.21. The van der Waals surface area contributed by atoms with Crippen LogP contribution in [0.15, 0.2) is 42.5 Å². The van der Waals surface area contributed by atoms with Gasteiger partial charge >= 0.3 is 0 Å². The number of methoxy groups -OCH3 is 2. The summed E-state index contributed by atoms with van der Waals surface area (Å²) in [5.74, 6) is 7.74. The summed E-state index contributed by atoms with van der Waals surface area (Å²) >= 11 is 3.43. The third-order valence-corrected chi connectivity index (χ3v) is 3.46. The quantitative estimate of drug-likeness (QED) is 0.625. The van der Waals surface area contributed by atoms with E-state index in [2.05, 4.69) is 39.9 Å². The van der Waals surface area contributed by atoms with E-state index in [9.17, 15) is 0 Å². The minimum atomic E-state index is 0.739. The predicted octanol–water partition coefficient (Wildman–Crippen LogP) is 4.00. The summed E-state index contributed by atoms with van der Waals surface area (Å²) in [5, 5.41) is 0.855. The lowest BCUT2D eigenvalue weighted by molar-refractivity contribution is 0.394. The molecule has 3 heteroatoms. The van der Waals surface area contributed by atoms with Gasteiger partial charge in [-0.3, -0.25) is 0 Å². The van der Waals surface area contributed by atoms with Gasteiger partial charge in [-0.15, -0.1) is 0 Å². The van der Waals surface area contributed by atoms with Gasteiger partial charge in [0.1, 0.15) is 11.5 Å². The highest BCUT2D eigenvalue weighted by molar-refractivity contribution is 9.08. The molecule has 0 spiro atoms. The van der Waals surface area contributed by atoms with Crippen LogP contribution in [-0.4, -0.2) is 14.2 Å². The normalized spacial score (nSPS) is 9.55. The minimum Gasteiger partial charge on any atom is -0.497 e. The van der Waals surface area contributed by atoms with Crippen LogP contribution in [0.5, 0.6) is 11.5 Å². The fourth-order valence-electron chi connectivity index (χ4n) is 1.70. The molecule has 0 heterocycles. The molecule has 0 fully saturated rings. The van der Waals surface area contributed by atoms with Crippen molar-refractivity contribution >= 4 is 15.9 Å². The van der Waals surface area contributed by atoms with Gasteiger partial charge in [-0.2, -0.15) is 0 Å². The number of rotatable bonds is 3. The molecule has 0 saturated carbocycles. The Morgan fingerprint density at radius 1 is 0.850 bits per heavy atom. The molecule has 20 heavy (non-hydrogen) atoms. The molecule has 0 saturated heterocycles. The Hall–Kier alpha value is -1.92. The van der Waals surface area contributed by atoms with Gasteiger partial charge in [-0.25, -0.2) is 0 Å². The van der Waals surface area contributed by atoms with Gasteiger partial charge in [0.05, 0.1) is 14.2 Å². The summed E-state index contributed by atoms with van der Waals surface area (Å²) in [6.45, 7) is 0. The molecule has 0 aliphatic rings. The topological polar surface area (TPSA) is 18.5 Å². The van der Waals surface area contributed by atoms with Gasteiger partial charge in [0.15, 0.2) is 0 Å². The van der Waals surface area contributed by atoms with Crippen LogP contribution in [0.1, 0.15) is 16.7 Å². The van der Waals surface area contributed by atoms with Gasteiger partial charge in [0.25, 0.3) is 0 Å². The van der Waals surface area contributed by atoms with Crippen LogP contribution >= 0.6 is 15.9 Å². The molecule has 102 valence electrons. The van der Waals surface area contributed by atoms with Crippen molar-refractivity contribution in [3.63, 3.8) is 0 Å². The van der Waals surface area contributed by atoms with Crippen molar-refractivity contribution in [3.05, 3.63) is 59.2 Å². The minimum absolute atomic E-state index is 0.739. The fourth-order valence-corrected chi connectivity index (χ4v) is 2.07. The smallest absolute Gasteiger partial charge is 0.123 e. The standard InChI is InChI=1S/C17H15BrO2/c1-19-16-9-15(10-17(11-16)20-2)8-5-13-3-6-14(12-18)7-4-13/h3-4,6-7,9-11H,12H2,1-2H3. The van der Waals surface area contributed by atoms with Crippen LogP contribution in [0.4, 0.5) is 0 Å². The van der Waals surface area contributed by atoms with Crippen molar-refractivity contribution in [2.75, 3.05) is 14.2 Å². The lowest BCUT2D eigenvalue weighted by atomic mass is 10.1. The van der Waals surface area contributed by atoms with Gasteiger partial charge < -0.3 is 9.47 Å². The molecular formula is C17H15BrO2. The van der Waals surface area contributed by atoms with E-state index in [4.69, 9.17) is 9.47 Å². The second kappa shape index (κ2) is 7.02. The van der Waals surface area contributed by atoms with Crippen molar-refractivity contribution < 1.29 is 9.47 Å². The third kappa shape index (κ3) is 3.79. The van der Waals surface area contributed by atoms with E-state index in [1.807, 2.05) is 30.3 Å². The van der Waals surface area contributed by atoms with E-state index in [1.165, 1.54) is 5.56 Å². The van der Waals surface area contributed by atoms with Crippen LogP contribution in [0.3, 0.4) is 0 Å². The van der Waals surface area contributed by atoms with Crippen LogP contribution in [0.2, 0.25) is 0 Å². The Bertz CT molecular complexity index is 614. The second-order valence-electron chi connectivity index (χ2n) is 4.18. The number of benzene rings is 2. The summed E-state index contributed by atoms with van der Waals surface area (Å²) in [4.78, 5) is 0. The molecular weight excluding hydrogens is 316 g/mol. The van der Waals surface area contributed by atoms with E-state index in [-0.39, 0.29) is 0 Å². The largest absolute Gasteiger partial charge is 0.497 e. The lowest BCUT2D eigenvalue weighted by Crippen LogP contribution is -1.88. The predicted molar refractivity (Wildman–Crippen MR) is 84.6 cm³/mol. The monoisotopic (exact) mass is 330 g/mol. The molecule has 0 bridgehead atoms. The van der Waals surface area contributed by atoms with Crippen molar-refractivity contribution in [2.24, 2.45) is 0 Å². The zero-order valence-electron chi connectivity index (χ0n) is 11.4. The number of alkyl halides is 1. The number of ether oxygens (including phenoxy) is 2. The summed E-state index contributed by atoms with van der Waals surface area (Å²) in [6, 6.07) is 13.8. The first-order valence-electron chi connectivity index (χ1n) is 6.15. The van der Waals surface area contributed by atoms with E-state index >= 15 is 0 Å². The molecule has 0 amide bonds. The molecule has 0 N–H and O–H groups in total. The summed E-state index contributed by atoms with van der Waals surface area (Å²) in [6.07, 6.45) is 0. The van der Waals surface area contributed by atoms with E-state index in [0.717, 1.165) is 28.0 Å². The fraction of sp³-hybridized carbons (Fsp3) is 0.176. The molecule has 2 nitrogen and oxygen atoms in total. The highest BCUT2D eigenvalue weighted by Gasteiger charge is 1.99. The molecule has 0 atom stereocenters. The van der Waals surface area contributed by atoms with Gasteiger partial charge in [0, 0.05) is 22.5 Å². The van der Waals surface area contributed by atoms with Crippen LogP contribution < -0.4 is 9.47 Å². The van der Waals surface area contributed by atoms with E-state index in [1.54, 1.807) is 14.2 Å². The Balaban J connectivity index is 2.26. The molecule has 2 aromatic carbocycles. The summed E-state index contributed by atoms with van der Waals surface area (Å²) < 4.78 is 10.5. The lowest BCUT2D eigenvalue weighted by Gasteiger charge is -2.04. The van der Waals surface area contributed by atoms with Crippen LogP contribution in [0.25, 0.3) is 0 Å². The average molecular weight is 331 g/mol. The van der Waals surface area contributed by atoms with Gasteiger partial charge in [-0.1, -0.05) is 39.9 Å². The molecule has 0 aliphatic carbocycles. The first kappa shape index (κ1) is 14.5. The third-order valence-electron chi connectivity index (χ3n) is 2.81. The SMILES string of the molecule is COc1cc(C#Cc2ccc(CBr)cc2)cc(OC)c1. The van der Waals surface area contributed by atoms with Gasteiger partial charge in [-0.05, 0) is 29.8 Å². The van der Waals surface area contributed by atoms with Crippen LogP contribution in [-0.2, 0) is 5.33 Å². The number of hydrogen-bond donors (Lipinski definition) is 0. The molecule has 0 radical (unpaired) electrons. The van der Waals surface area contributed by atoms with Crippen molar-refractivity contribution in [3.8, 4) is 23.3 Å². The highest BCUT2D eigenvalue weighted by atomic mass is 79.9. The molecule has 0 aliphatic heterocycles.